The predicted octanol–water partition coefficient (Wildman–Crippen LogP) is 1.29. The maximum absolute atomic E-state index is 10.8. The second-order valence-electron chi connectivity index (χ2n) is 2.03. The Morgan fingerprint density at radius 3 is 2.67 bits per heavy atom. The molecule has 2 nitrogen and oxygen atoms in total. The van der Waals surface area contributed by atoms with E-state index in [1.165, 1.54) is 11.0 Å². The van der Waals surface area contributed by atoms with Crippen molar-refractivity contribution in [3.05, 3.63) is 0 Å². The van der Waals surface area contributed by atoms with E-state index in [1.54, 1.807) is 0 Å². The number of carbonyl (C=O) groups is 1. The van der Waals surface area contributed by atoms with Crippen LogP contribution in [0, 0.1) is 5.92 Å². The summed E-state index contributed by atoms with van der Waals surface area (Å²) in [7, 11) is 1.17. The van der Waals surface area contributed by atoms with Crippen molar-refractivity contribution in [2.24, 2.45) is 5.92 Å². The number of ketones is 1. The summed E-state index contributed by atoms with van der Waals surface area (Å²) in [6.07, 6.45) is 0. The highest BCUT2D eigenvalue weighted by Gasteiger charge is 2.04. The van der Waals surface area contributed by atoms with Crippen molar-refractivity contribution in [1.82, 2.24) is 4.72 Å². The van der Waals surface area contributed by atoms with Crippen LogP contribution in [0.2, 0.25) is 0 Å². The molecule has 0 aliphatic carbocycles. The lowest BCUT2D eigenvalue weighted by molar-refractivity contribution is -0.120. The van der Waals surface area contributed by atoms with Crippen LogP contribution >= 0.6 is 22.6 Å². The standard InChI is InChI=1S/C5H11NOS2/c1-4(2)5(7)3-6-9-8/h4,6,8H,3H2,1-2H3. The molecule has 0 aliphatic heterocycles. The molecule has 0 fully saturated rings. The zero-order valence-electron chi connectivity index (χ0n) is 5.55. The molecule has 0 unspecified atom stereocenters. The molecular formula is C5H11NOS2. The minimum absolute atomic E-state index is 0.123. The van der Waals surface area contributed by atoms with Gasteiger partial charge in [0.25, 0.3) is 0 Å². The van der Waals surface area contributed by atoms with Gasteiger partial charge in [-0.15, -0.1) is 0 Å². The van der Waals surface area contributed by atoms with Crippen molar-refractivity contribution in [3.63, 3.8) is 0 Å². The largest absolute Gasteiger partial charge is 0.298 e. The van der Waals surface area contributed by atoms with Gasteiger partial charge in [-0.05, 0) is 11.0 Å². The van der Waals surface area contributed by atoms with Crippen LogP contribution in [0.3, 0.4) is 0 Å². The third-order valence-corrected chi connectivity index (χ3v) is 1.62. The Bertz CT molecular complexity index is 95.0. The van der Waals surface area contributed by atoms with Gasteiger partial charge >= 0.3 is 0 Å². The van der Waals surface area contributed by atoms with Gasteiger partial charge in [0.1, 0.15) is 5.78 Å². The predicted molar refractivity (Wildman–Crippen MR) is 44.4 cm³/mol. The molecule has 0 spiro atoms. The number of rotatable bonds is 4. The zero-order chi connectivity index (χ0) is 7.28. The fraction of sp³-hybridized carbons (Fsp3) is 0.800. The number of nitrogens with one attached hydrogen (secondary N) is 1. The Morgan fingerprint density at radius 2 is 2.33 bits per heavy atom. The lowest BCUT2D eigenvalue weighted by atomic mass is 10.1. The van der Waals surface area contributed by atoms with Gasteiger partial charge in [0.15, 0.2) is 0 Å². The molecule has 0 saturated carbocycles. The second kappa shape index (κ2) is 5.14. The maximum atomic E-state index is 10.8. The summed E-state index contributed by atoms with van der Waals surface area (Å²) in [4.78, 5) is 10.8. The fourth-order valence-electron chi connectivity index (χ4n) is 0.308. The smallest absolute Gasteiger partial charge is 0.150 e. The molecule has 0 radical (unpaired) electrons. The van der Waals surface area contributed by atoms with Gasteiger partial charge in [-0.3, -0.25) is 4.79 Å². The summed E-state index contributed by atoms with van der Waals surface area (Å²) in [6, 6.07) is 0. The van der Waals surface area contributed by atoms with Crippen molar-refractivity contribution < 1.29 is 4.79 Å². The normalized spacial score (nSPS) is 10.2. The second-order valence-corrected chi connectivity index (χ2v) is 3.05. The number of Topliss-reactive ketones (excluding diaryl/α,β-unsaturated/α-hetero) is 1. The van der Waals surface area contributed by atoms with E-state index in [2.05, 4.69) is 16.4 Å². The molecule has 54 valence electrons. The van der Waals surface area contributed by atoms with Crippen LogP contribution in [0.5, 0.6) is 0 Å². The Balaban J connectivity index is 3.28. The number of thiol groups is 1. The third-order valence-electron chi connectivity index (χ3n) is 0.955. The van der Waals surface area contributed by atoms with E-state index in [1.807, 2.05) is 13.8 Å². The Morgan fingerprint density at radius 1 is 1.78 bits per heavy atom. The minimum atomic E-state index is 0.123. The minimum Gasteiger partial charge on any atom is -0.298 e. The van der Waals surface area contributed by atoms with Crippen LogP contribution in [0.4, 0.5) is 0 Å². The number of hydrogen-bond acceptors (Lipinski definition) is 4. The first kappa shape index (κ1) is 9.33. The van der Waals surface area contributed by atoms with Crippen molar-refractivity contribution >= 4 is 28.4 Å². The van der Waals surface area contributed by atoms with E-state index in [4.69, 9.17) is 0 Å². The first-order valence-corrected chi connectivity index (χ1v) is 4.61. The van der Waals surface area contributed by atoms with E-state index in [0.717, 1.165) is 0 Å². The first-order chi connectivity index (χ1) is 4.18. The van der Waals surface area contributed by atoms with E-state index in [0.29, 0.717) is 6.54 Å². The SMILES string of the molecule is CC(C)C(=O)CNSS. The van der Waals surface area contributed by atoms with Gasteiger partial charge in [-0.1, -0.05) is 25.5 Å². The van der Waals surface area contributed by atoms with Crippen molar-refractivity contribution in [1.29, 1.82) is 0 Å². The molecule has 0 heterocycles. The molecule has 9 heavy (non-hydrogen) atoms. The van der Waals surface area contributed by atoms with Gasteiger partial charge in [0.2, 0.25) is 0 Å². The number of carbonyl (C=O) groups excluding carboxylic acids is 1. The maximum Gasteiger partial charge on any atom is 0.150 e. The molecule has 0 aliphatic rings. The molecular weight excluding hydrogens is 154 g/mol. The fourth-order valence-corrected chi connectivity index (χ4v) is 0.708. The van der Waals surface area contributed by atoms with Crippen LogP contribution in [-0.2, 0) is 4.79 Å². The summed E-state index contributed by atoms with van der Waals surface area (Å²) >= 11 is 3.82. The summed E-state index contributed by atoms with van der Waals surface area (Å²) < 4.78 is 2.76. The lowest BCUT2D eigenvalue weighted by Gasteiger charge is -2.01. The molecule has 0 saturated heterocycles. The molecule has 1 N–H and O–H groups in total. The van der Waals surface area contributed by atoms with Crippen LogP contribution in [0.1, 0.15) is 13.8 Å². The van der Waals surface area contributed by atoms with Crippen LogP contribution in [-0.4, -0.2) is 12.3 Å². The van der Waals surface area contributed by atoms with Crippen LogP contribution < -0.4 is 4.72 Å². The Hall–Kier alpha value is 0.330. The molecule has 0 bridgehead atoms. The summed E-state index contributed by atoms with van der Waals surface area (Å²) in [6.45, 7) is 4.17. The van der Waals surface area contributed by atoms with Crippen molar-refractivity contribution in [3.8, 4) is 0 Å². The average molecular weight is 165 g/mol. The molecule has 0 aromatic rings. The molecule has 0 atom stereocenters. The van der Waals surface area contributed by atoms with E-state index < -0.39 is 0 Å². The van der Waals surface area contributed by atoms with Gasteiger partial charge < -0.3 is 0 Å². The van der Waals surface area contributed by atoms with E-state index in [9.17, 15) is 4.79 Å². The number of hydrogen-bond donors (Lipinski definition) is 2. The highest BCUT2D eigenvalue weighted by Crippen LogP contribution is 1.98. The molecule has 0 aromatic carbocycles. The third kappa shape index (κ3) is 4.81. The monoisotopic (exact) mass is 165 g/mol. The van der Waals surface area contributed by atoms with E-state index in [-0.39, 0.29) is 11.7 Å². The van der Waals surface area contributed by atoms with E-state index >= 15 is 0 Å². The molecule has 0 rings (SSSR count). The highest BCUT2D eigenvalue weighted by atomic mass is 33.1. The van der Waals surface area contributed by atoms with Crippen LogP contribution in [0.25, 0.3) is 0 Å². The quantitative estimate of drug-likeness (QED) is 0.374. The Kier molecular flexibility index (Phi) is 5.33. The summed E-state index contributed by atoms with van der Waals surface area (Å²) in [5.41, 5.74) is 0. The van der Waals surface area contributed by atoms with Gasteiger partial charge in [-0.2, -0.15) is 0 Å². The highest BCUT2D eigenvalue weighted by molar-refractivity contribution is 8.67. The van der Waals surface area contributed by atoms with Crippen LogP contribution in [0.15, 0.2) is 0 Å². The lowest BCUT2D eigenvalue weighted by Crippen LogP contribution is -2.20. The van der Waals surface area contributed by atoms with Gasteiger partial charge in [0, 0.05) is 5.92 Å². The topological polar surface area (TPSA) is 29.1 Å². The Labute approximate surface area is 64.7 Å². The average Bonchev–Trinajstić information content (AvgIpc) is 1.82. The summed E-state index contributed by atoms with van der Waals surface area (Å²) in [5, 5.41) is 0. The van der Waals surface area contributed by atoms with Crippen molar-refractivity contribution in [2.75, 3.05) is 6.54 Å². The molecule has 0 aromatic heterocycles. The van der Waals surface area contributed by atoms with Crippen molar-refractivity contribution in [2.45, 2.75) is 13.8 Å². The molecule has 0 amide bonds. The van der Waals surface area contributed by atoms with Gasteiger partial charge in [-0.25, -0.2) is 4.72 Å². The zero-order valence-corrected chi connectivity index (χ0v) is 7.26. The summed E-state index contributed by atoms with van der Waals surface area (Å²) in [5.74, 6) is 0.342. The first-order valence-electron chi connectivity index (χ1n) is 2.74. The van der Waals surface area contributed by atoms with Gasteiger partial charge in [0.05, 0.1) is 6.54 Å². The molecule has 4 heteroatoms.